The molecule has 0 unspecified atom stereocenters. The maximum absolute atomic E-state index is 12.8. The molecule has 29 heavy (non-hydrogen) atoms. The molecule has 0 aliphatic carbocycles. The minimum atomic E-state index is -0.390. The number of hydrogen-bond donors (Lipinski definition) is 0. The third-order valence-electron chi connectivity index (χ3n) is 5.19. The van der Waals surface area contributed by atoms with Crippen LogP contribution in [0.3, 0.4) is 0 Å². The molecule has 0 spiro atoms. The van der Waals surface area contributed by atoms with Crippen molar-refractivity contribution >= 4 is 28.1 Å². The summed E-state index contributed by atoms with van der Waals surface area (Å²) in [5.41, 5.74) is 1.56. The van der Waals surface area contributed by atoms with E-state index in [1.165, 1.54) is 12.3 Å². The first-order chi connectivity index (χ1) is 14.1. The van der Waals surface area contributed by atoms with E-state index in [9.17, 15) is 14.9 Å². The van der Waals surface area contributed by atoms with E-state index in [0.29, 0.717) is 42.9 Å². The number of aromatic nitrogens is 1. The molecule has 1 aromatic heterocycles. The molecule has 148 valence electrons. The van der Waals surface area contributed by atoms with E-state index in [1.807, 2.05) is 11.0 Å². The van der Waals surface area contributed by atoms with Crippen LogP contribution in [0.25, 0.3) is 10.8 Å². The van der Waals surface area contributed by atoms with Crippen LogP contribution in [0, 0.1) is 10.1 Å². The van der Waals surface area contributed by atoms with Crippen LogP contribution >= 0.6 is 0 Å². The van der Waals surface area contributed by atoms with Crippen molar-refractivity contribution in [3.05, 3.63) is 70.5 Å². The predicted molar refractivity (Wildman–Crippen MR) is 110 cm³/mol. The zero-order chi connectivity index (χ0) is 20.4. The van der Waals surface area contributed by atoms with Gasteiger partial charge in [0.1, 0.15) is 5.75 Å². The Bertz CT molecular complexity index is 1080. The second-order valence-corrected chi connectivity index (χ2v) is 6.79. The minimum absolute atomic E-state index is 0.0266. The third kappa shape index (κ3) is 3.56. The fraction of sp³-hybridized carbons (Fsp3) is 0.238. The number of pyridine rings is 1. The molecule has 0 N–H and O–H groups in total. The average Bonchev–Trinajstić information content (AvgIpc) is 2.78. The van der Waals surface area contributed by atoms with E-state index >= 15 is 0 Å². The number of benzene rings is 2. The lowest BCUT2D eigenvalue weighted by atomic mass is 10.1. The number of nitro benzene ring substituents is 1. The van der Waals surface area contributed by atoms with Crippen LogP contribution in [0.1, 0.15) is 10.4 Å². The van der Waals surface area contributed by atoms with Crippen LogP contribution < -0.4 is 9.64 Å². The second-order valence-electron chi connectivity index (χ2n) is 6.79. The van der Waals surface area contributed by atoms with Crippen LogP contribution in [0.4, 0.5) is 11.4 Å². The van der Waals surface area contributed by atoms with Gasteiger partial charge in [0, 0.05) is 61.3 Å². The van der Waals surface area contributed by atoms with Gasteiger partial charge in [-0.3, -0.25) is 19.9 Å². The summed E-state index contributed by atoms with van der Waals surface area (Å²) >= 11 is 0. The quantitative estimate of drug-likeness (QED) is 0.501. The zero-order valence-electron chi connectivity index (χ0n) is 15.9. The van der Waals surface area contributed by atoms with Gasteiger partial charge in [0.2, 0.25) is 0 Å². The molecule has 0 radical (unpaired) electrons. The summed E-state index contributed by atoms with van der Waals surface area (Å²) in [6, 6.07) is 12.2. The number of carbonyl (C=O) groups excluding carboxylic acids is 1. The van der Waals surface area contributed by atoms with Gasteiger partial charge in [-0.15, -0.1) is 0 Å². The summed E-state index contributed by atoms with van der Waals surface area (Å²) < 4.78 is 5.20. The van der Waals surface area contributed by atoms with Crippen molar-refractivity contribution in [1.29, 1.82) is 0 Å². The molecule has 4 rings (SSSR count). The number of fused-ring (bicyclic) bond motifs is 1. The first-order valence-corrected chi connectivity index (χ1v) is 9.28. The van der Waals surface area contributed by atoms with E-state index in [2.05, 4.69) is 9.88 Å². The fourth-order valence-electron chi connectivity index (χ4n) is 3.68. The average molecular weight is 392 g/mol. The Morgan fingerprint density at radius 3 is 2.62 bits per heavy atom. The van der Waals surface area contributed by atoms with E-state index < -0.39 is 4.92 Å². The highest BCUT2D eigenvalue weighted by Crippen LogP contribution is 2.33. The van der Waals surface area contributed by atoms with E-state index in [4.69, 9.17) is 4.74 Å². The molecular formula is C21H20N4O4. The molecule has 1 saturated heterocycles. The fourth-order valence-corrected chi connectivity index (χ4v) is 3.68. The second kappa shape index (κ2) is 7.75. The van der Waals surface area contributed by atoms with Crippen molar-refractivity contribution in [2.75, 3.05) is 38.2 Å². The molecule has 8 nitrogen and oxygen atoms in total. The van der Waals surface area contributed by atoms with Crippen molar-refractivity contribution in [3.63, 3.8) is 0 Å². The van der Waals surface area contributed by atoms with Gasteiger partial charge >= 0.3 is 0 Å². The number of methoxy groups -OCH3 is 1. The molecule has 0 saturated carbocycles. The summed E-state index contributed by atoms with van der Waals surface area (Å²) in [5.74, 6) is 0.627. The van der Waals surface area contributed by atoms with Gasteiger partial charge in [0.15, 0.2) is 0 Å². The van der Waals surface area contributed by atoms with Crippen molar-refractivity contribution in [3.8, 4) is 5.75 Å². The maximum atomic E-state index is 12.8. The minimum Gasteiger partial charge on any atom is -0.497 e. The molecule has 1 amide bonds. The third-order valence-corrected chi connectivity index (χ3v) is 5.19. The van der Waals surface area contributed by atoms with Gasteiger partial charge < -0.3 is 14.5 Å². The Morgan fingerprint density at radius 2 is 1.90 bits per heavy atom. The number of ether oxygens (including phenoxy) is 1. The molecule has 3 aromatic rings. The largest absolute Gasteiger partial charge is 0.497 e. The van der Waals surface area contributed by atoms with E-state index in [-0.39, 0.29) is 11.6 Å². The standard InChI is InChI=1S/C21H20N4O4/c1-29-16-4-2-3-15(13-16)21(26)24-11-9-23(10-12-24)19-5-6-20(25(27)28)18-14-22-8-7-17(18)19/h2-8,13-14H,9-12H2,1H3. The van der Waals surface area contributed by atoms with Crippen molar-refractivity contribution in [2.45, 2.75) is 0 Å². The molecule has 2 aromatic carbocycles. The molecule has 2 heterocycles. The van der Waals surface area contributed by atoms with Crippen molar-refractivity contribution in [2.24, 2.45) is 0 Å². The summed E-state index contributed by atoms with van der Waals surface area (Å²) in [6.07, 6.45) is 3.16. The van der Waals surface area contributed by atoms with Crippen LogP contribution in [-0.2, 0) is 0 Å². The monoisotopic (exact) mass is 392 g/mol. The van der Waals surface area contributed by atoms with Gasteiger partial charge in [-0.05, 0) is 30.3 Å². The Morgan fingerprint density at radius 1 is 1.10 bits per heavy atom. The number of piperazine rings is 1. The molecule has 1 aliphatic rings. The molecule has 8 heteroatoms. The first kappa shape index (κ1) is 18.7. The van der Waals surface area contributed by atoms with Crippen LogP contribution in [0.15, 0.2) is 54.9 Å². The predicted octanol–water partition coefficient (Wildman–Crippen LogP) is 3.11. The number of rotatable bonds is 4. The summed E-state index contributed by atoms with van der Waals surface area (Å²) in [6.45, 7) is 2.43. The van der Waals surface area contributed by atoms with Gasteiger partial charge in [-0.2, -0.15) is 0 Å². The number of hydrogen-bond acceptors (Lipinski definition) is 6. The lowest BCUT2D eigenvalue weighted by Gasteiger charge is -2.36. The Hall–Kier alpha value is -3.68. The van der Waals surface area contributed by atoms with Gasteiger partial charge in [0.25, 0.3) is 11.6 Å². The number of nitrogens with zero attached hydrogens (tertiary/aromatic N) is 4. The Balaban J connectivity index is 1.54. The SMILES string of the molecule is COc1cccc(C(=O)N2CCN(c3ccc([N+](=O)[O-])c4cnccc34)CC2)c1. The summed E-state index contributed by atoms with van der Waals surface area (Å²) in [7, 11) is 1.58. The summed E-state index contributed by atoms with van der Waals surface area (Å²) in [5, 5.41) is 12.6. The van der Waals surface area contributed by atoms with Crippen LogP contribution in [0.5, 0.6) is 5.75 Å². The van der Waals surface area contributed by atoms with Gasteiger partial charge in [-0.25, -0.2) is 0 Å². The highest BCUT2D eigenvalue weighted by molar-refractivity contribution is 5.99. The van der Waals surface area contributed by atoms with E-state index in [1.54, 1.807) is 43.6 Å². The Kier molecular flexibility index (Phi) is 4.99. The highest BCUT2D eigenvalue weighted by Gasteiger charge is 2.25. The lowest BCUT2D eigenvalue weighted by molar-refractivity contribution is -0.383. The number of amides is 1. The van der Waals surface area contributed by atoms with Crippen LogP contribution in [-0.4, -0.2) is 54.0 Å². The molecule has 1 fully saturated rings. The van der Waals surface area contributed by atoms with Crippen molar-refractivity contribution < 1.29 is 14.5 Å². The number of non-ortho nitro benzene ring substituents is 1. The topological polar surface area (TPSA) is 88.8 Å². The smallest absolute Gasteiger partial charge is 0.278 e. The molecule has 1 aliphatic heterocycles. The van der Waals surface area contributed by atoms with Crippen molar-refractivity contribution in [1.82, 2.24) is 9.88 Å². The lowest BCUT2D eigenvalue weighted by Crippen LogP contribution is -2.48. The van der Waals surface area contributed by atoms with E-state index in [0.717, 1.165) is 11.1 Å². The zero-order valence-corrected chi connectivity index (χ0v) is 15.9. The van der Waals surface area contributed by atoms with Gasteiger partial charge in [-0.1, -0.05) is 6.07 Å². The first-order valence-electron chi connectivity index (χ1n) is 9.28. The number of carbonyl (C=O) groups is 1. The maximum Gasteiger partial charge on any atom is 0.278 e. The number of anilines is 1. The van der Waals surface area contributed by atoms with Crippen LogP contribution in [0.2, 0.25) is 0 Å². The van der Waals surface area contributed by atoms with Gasteiger partial charge in [0.05, 0.1) is 17.4 Å². The molecule has 0 bridgehead atoms. The molecular weight excluding hydrogens is 372 g/mol. The highest BCUT2D eigenvalue weighted by atomic mass is 16.6. The summed E-state index contributed by atoms with van der Waals surface area (Å²) in [4.78, 5) is 31.7. The molecule has 0 atom stereocenters. The Labute approximate surface area is 167 Å². The number of nitro groups is 1. The normalized spacial score (nSPS) is 14.1.